The molecule has 7 nitrogen and oxygen atoms in total. The van der Waals surface area contributed by atoms with Crippen LogP contribution in [0.1, 0.15) is 55.7 Å². The lowest BCUT2D eigenvalue weighted by Gasteiger charge is -2.52. The van der Waals surface area contributed by atoms with Gasteiger partial charge in [-0.2, -0.15) is 0 Å². The van der Waals surface area contributed by atoms with Gasteiger partial charge in [0.2, 0.25) is 15.9 Å². The Morgan fingerprint density at radius 2 is 1.81 bits per heavy atom. The summed E-state index contributed by atoms with van der Waals surface area (Å²) < 4.78 is 26.6. The molecule has 194 valence electrons. The molecule has 4 rings (SSSR count). The first-order valence-electron chi connectivity index (χ1n) is 11.9. The number of rotatable bonds is 9. The van der Waals surface area contributed by atoms with Crippen LogP contribution in [-0.2, 0) is 19.6 Å². The Kier molecular flexibility index (Phi) is 7.72. The van der Waals surface area contributed by atoms with Gasteiger partial charge in [-0.1, -0.05) is 54.4 Å². The van der Waals surface area contributed by atoms with E-state index < -0.39 is 33.5 Å². The van der Waals surface area contributed by atoms with Crippen molar-refractivity contribution in [3.05, 3.63) is 69.7 Å². The van der Waals surface area contributed by atoms with Crippen molar-refractivity contribution in [2.75, 3.05) is 12.8 Å². The summed E-state index contributed by atoms with van der Waals surface area (Å²) >= 11 is 12.5. The number of sulfonamides is 1. The fraction of sp³-hybridized carbons (Fsp3) is 0.462. The van der Waals surface area contributed by atoms with Gasteiger partial charge >= 0.3 is 5.97 Å². The number of likely N-dealkylation sites (tertiary alicyclic amines) is 1. The minimum absolute atomic E-state index is 0.0603. The highest BCUT2D eigenvalue weighted by atomic mass is 35.5. The second-order valence-electron chi connectivity index (χ2n) is 10.2. The first kappa shape index (κ1) is 26.9. The van der Waals surface area contributed by atoms with Crippen LogP contribution in [0.4, 0.5) is 0 Å². The number of benzene rings is 2. The Balaban J connectivity index is 1.89. The minimum Gasteiger partial charge on any atom is -0.481 e. The summed E-state index contributed by atoms with van der Waals surface area (Å²) in [6, 6.07) is 13.8. The van der Waals surface area contributed by atoms with E-state index in [0.29, 0.717) is 16.5 Å². The number of halogens is 2. The Labute approximate surface area is 221 Å². The van der Waals surface area contributed by atoms with Crippen molar-refractivity contribution in [1.29, 1.82) is 0 Å². The third-order valence-corrected chi connectivity index (χ3v) is 8.39. The predicted octanol–water partition coefficient (Wildman–Crippen LogP) is 4.86. The van der Waals surface area contributed by atoms with E-state index >= 15 is 0 Å². The molecule has 0 spiro atoms. The molecule has 2 N–H and O–H groups in total. The third-order valence-electron chi connectivity index (χ3n) is 7.21. The largest absolute Gasteiger partial charge is 0.481 e. The molecule has 1 saturated carbocycles. The van der Waals surface area contributed by atoms with E-state index in [4.69, 9.17) is 23.2 Å². The SMILES string of the molecule is C[C@]1(CC(=O)O)CC(c2cccc(Cl)c2)[C@@H](c2ccc(Cl)cc2)N([C@H](CNS(C)(=O)=O)C2CC2)C1=O. The maximum absolute atomic E-state index is 14.2. The van der Waals surface area contributed by atoms with Gasteiger partial charge in [-0.15, -0.1) is 0 Å². The summed E-state index contributed by atoms with van der Waals surface area (Å²) in [5, 5.41) is 10.8. The number of aliphatic carboxylic acids is 1. The van der Waals surface area contributed by atoms with E-state index in [2.05, 4.69) is 4.72 Å². The molecule has 1 unspecified atom stereocenters. The summed E-state index contributed by atoms with van der Waals surface area (Å²) in [7, 11) is -3.50. The van der Waals surface area contributed by atoms with E-state index in [1.165, 1.54) is 0 Å². The molecule has 0 radical (unpaired) electrons. The lowest BCUT2D eigenvalue weighted by molar-refractivity contribution is -0.161. The average Bonchev–Trinajstić information content (AvgIpc) is 3.61. The molecule has 1 amide bonds. The van der Waals surface area contributed by atoms with Crippen LogP contribution in [0.2, 0.25) is 10.0 Å². The molecular weight excluding hydrogens is 523 g/mol. The average molecular weight is 554 g/mol. The van der Waals surface area contributed by atoms with Gasteiger partial charge in [0.25, 0.3) is 0 Å². The number of carbonyl (C=O) groups is 2. The Bertz CT molecular complexity index is 1250. The number of piperidine rings is 1. The van der Waals surface area contributed by atoms with E-state index in [9.17, 15) is 23.1 Å². The molecule has 0 bridgehead atoms. The standard InChI is InChI=1S/C26H30Cl2N2O5S/c1-26(14-23(31)32)13-21(18-4-3-5-20(28)12-18)24(17-8-10-19(27)11-9-17)30(25(26)33)22(16-6-7-16)15-29-36(2,34)35/h3-5,8-12,16,21-22,24,29H,6-7,13-15H2,1-2H3,(H,31,32)/t21?,22-,24-,26-/m1/s1. The van der Waals surface area contributed by atoms with Gasteiger partial charge in [0.1, 0.15) is 0 Å². The van der Waals surface area contributed by atoms with Crippen LogP contribution in [0.5, 0.6) is 0 Å². The summed E-state index contributed by atoms with van der Waals surface area (Å²) in [6.07, 6.45) is 2.80. The number of carboxylic acid groups (broad SMARTS) is 1. The molecule has 1 aliphatic carbocycles. The lowest BCUT2D eigenvalue weighted by Crippen LogP contribution is -2.59. The van der Waals surface area contributed by atoms with Crippen LogP contribution in [0, 0.1) is 11.3 Å². The number of amides is 1. The van der Waals surface area contributed by atoms with Crippen LogP contribution < -0.4 is 4.72 Å². The van der Waals surface area contributed by atoms with E-state index in [1.807, 2.05) is 30.3 Å². The fourth-order valence-corrected chi connectivity index (χ4v) is 6.25. The van der Waals surface area contributed by atoms with Crippen molar-refractivity contribution in [1.82, 2.24) is 9.62 Å². The number of hydrogen-bond donors (Lipinski definition) is 2. The summed E-state index contributed by atoms with van der Waals surface area (Å²) in [5.41, 5.74) is 0.558. The van der Waals surface area contributed by atoms with Crippen molar-refractivity contribution < 1.29 is 23.1 Å². The molecule has 36 heavy (non-hydrogen) atoms. The maximum atomic E-state index is 14.2. The molecule has 0 aromatic heterocycles. The first-order valence-corrected chi connectivity index (χ1v) is 14.5. The van der Waals surface area contributed by atoms with Gasteiger partial charge in [-0.25, -0.2) is 13.1 Å². The zero-order valence-corrected chi connectivity index (χ0v) is 22.5. The quantitative estimate of drug-likeness (QED) is 0.462. The topological polar surface area (TPSA) is 104 Å². The van der Waals surface area contributed by atoms with Gasteiger partial charge in [-0.05, 0) is 60.6 Å². The molecule has 2 aliphatic rings. The van der Waals surface area contributed by atoms with Crippen molar-refractivity contribution in [3.63, 3.8) is 0 Å². The monoisotopic (exact) mass is 552 g/mol. The van der Waals surface area contributed by atoms with Crippen LogP contribution in [0.3, 0.4) is 0 Å². The number of carbonyl (C=O) groups excluding carboxylic acids is 1. The van der Waals surface area contributed by atoms with Gasteiger partial charge < -0.3 is 10.0 Å². The molecule has 1 saturated heterocycles. The van der Waals surface area contributed by atoms with Gasteiger partial charge in [-0.3, -0.25) is 9.59 Å². The molecule has 2 fully saturated rings. The number of hydrogen-bond acceptors (Lipinski definition) is 4. The third kappa shape index (κ3) is 6.05. The molecular formula is C26H30Cl2N2O5S. The highest BCUT2D eigenvalue weighted by Gasteiger charge is 2.54. The molecule has 2 aromatic rings. The highest BCUT2D eigenvalue weighted by molar-refractivity contribution is 7.88. The Morgan fingerprint density at radius 1 is 1.14 bits per heavy atom. The van der Waals surface area contributed by atoms with E-state index in [0.717, 1.165) is 30.2 Å². The second kappa shape index (κ2) is 10.3. The molecule has 1 aliphatic heterocycles. The van der Waals surface area contributed by atoms with Crippen LogP contribution in [0.25, 0.3) is 0 Å². The smallest absolute Gasteiger partial charge is 0.304 e. The van der Waals surface area contributed by atoms with Crippen LogP contribution in [0.15, 0.2) is 48.5 Å². The fourth-order valence-electron chi connectivity index (χ4n) is 5.45. The van der Waals surface area contributed by atoms with E-state index in [1.54, 1.807) is 30.0 Å². The maximum Gasteiger partial charge on any atom is 0.304 e. The minimum atomic E-state index is -3.50. The van der Waals surface area contributed by atoms with Gasteiger partial charge in [0.15, 0.2) is 0 Å². The molecule has 1 heterocycles. The highest BCUT2D eigenvalue weighted by Crippen LogP contribution is 2.53. The lowest BCUT2D eigenvalue weighted by atomic mass is 9.67. The van der Waals surface area contributed by atoms with Crippen molar-refractivity contribution in [2.24, 2.45) is 11.3 Å². The summed E-state index contributed by atoms with van der Waals surface area (Å²) in [4.78, 5) is 27.9. The van der Waals surface area contributed by atoms with E-state index in [-0.39, 0.29) is 30.7 Å². The Hall–Kier alpha value is -2.13. The molecule has 4 atom stereocenters. The number of nitrogens with zero attached hydrogens (tertiary/aromatic N) is 1. The van der Waals surface area contributed by atoms with Crippen molar-refractivity contribution in [3.8, 4) is 0 Å². The first-order chi connectivity index (χ1) is 16.9. The molecule has 10 heteroatoms. The summed E-state index contributed by atoms with van der Waals surface area (Å²) in [6.45, 7) is 1.75. The van der Waals surface area contributed by atoms with Gasteiger partial charge in [0, 0.05) is 28.5 Å². The van der Waals surface area contributed by atoms with Crippen molar-refractivity contribution in [2.45, 2.75) is 50.6 Å². The van der Waals surface area contributed by atoms with Crippen molar-refractivity contribution >= 4 is 45.1 Å². The van der Waals surface area contributed by atoms with Crippen LogP contribution in [-0.4, -0.2) is 49.1 Å². The number of carboxylic acids is 1. The molecule has 2 aromatic carbocycles. The zero-order valence-electron chi connectivity index (χ0n) is 20.2. The number of nitrogens with one attached hydrogen (secondary N) is 1. The van der Waals surface area contributed by atoms with Crippen LogP contribution >= 0.6 is 23.2 Å². The second-order valence-corrected chi connectivity index (χ2v) is 12.9. The summed E-state index contributed by atoms with van der Waals surface area (Å²) in [5.74, 6) is -1.50. The predicted molar refractivity (Wildman–Crippen MR) is 140 cm³/mol. The Morgan fingerprint density at radius 3 is 2.36 bits per heavy atom. The normalized spacial score (nSPS) is 25.6. The van der Waals surface area contributed by atoms with Gasteiger partial charge in [0.05, 0.1) is 24.1 Å². The zero-order chi connectivity index (χ0) is 26.3.